The minimum atomic E-state index is -0.935. The smallest absolute Gasteiger partial charge is 0.232 e. The van der Waals surface area contributed by atoms with E-state index in [1.54, 1.807) is 17.3 Å². The molecule has 2 amide bonds. The van der Waals surface area contributed by atoms with Crippen LogP contribution in [0.4, 0.5) is 0 Å². The lowest BCUT2D eigenvalue weighted by Gasteiger charge is -2.42. The number of nitrogens with two attached hydrogens (primary N) is 1. The lowest BCUT2D eigenvalue weighted by molar-refractivity contribution is -0.133. The number of benzene rings is 1. The van der Waals surface area contributed by atoms with Crippen molar-refractivity contribution in [1.29, 1.82) is 0 Å². The van der Waals surface area contributed by atoms with Gasteiger partial charge in [0, 0.05) is 23.9 Å². The summed E-state index contributed by atoms with van der Waals surface area (Å²) >= 11 is 0. The maximum atomic E-state index is 13.6. The average Bonchev–Trinajstić information content (AvgIpc) is 3.69. The second-order valence-corrected chi connectivity index (χ2v) is 11.3. The van der Waals surface area contributed by atoms with Gasteiger partial charge in [0.25, 0.3) is 0 Å². The Morgan fingerprint density at radius 3 is 2.63 bits per heavy atom. The molecule has 5 atom stereocenters. The highest BCUT2D eigenvalue weighted by molar-refractivity contribution is 5.99. The molecule has 4 N–H and O–H groups in total. The van der Waals surface area contributed by atoms with E-state index in [4.69, 9.17) is 15.5 Å². The first-order chi connectivity index (χ1) is 18.1. The molecule has 3 aliphatic rings. The third kappa shape index (κ3) is 4.53. The van der Waals surface area contributed by atoms with E-state index in [9.17, 15) is 14.7 Å². The number of pyridine rings is 1. The Morgan fingerprint density at radius 1 is 1.24 bits per heavy atom. The molecule has 3 heterocycles. The molecule has 38 heavy (non-hydrogen) atoms. The maximum Gasteiger partial charge on any atom is 0.232 e. The lowest BCUT2D eigenvalue weighted by atomic mass is 9.86. The molecule has 0 spiro atoms. The Morgan fingerprint density at radius 2 is 1.97 bits per heavy atom. The summed E-state index contributed by atoms with van der Waals surface area (Å²) in [6, 6.07) is 10.1. The molecule has 5 rings (SSSR count). The maximum absolute atomic E-state index is 13.6. The minimum absolute atomic E-state index is 0.0864. The summed E-state index contributed by atoms with van der Waals surface area (Å²) in [5.41, 5.74) is 6.66. The quantitative estimate of drug-likeness (QED) is 0.515. The van der Waals surface area contributed by atoms with Crippen LogP contribution in [0, 0.1) is 11.8 Å². The Labute approximate surface area is 223 Å². The fourth-order valence-corrected chi connectivity index (χ4v) is 5.95. The van der Waals surface area contributed by atoms with Crippen LogP contribution in [0.2, 0.25) is 0 Å². The van der Waals surface area contributed by atoms with Crippen molar-refractivity contribution in [3.05, 3.63) is 59.9 Å². The Bertz CT molecular complexity index is 1240. The van der Waals surface area contributed by atoms with E-state index in [1.165, 1.54) is 0 Å². The monoisotopic (exact) mass is 519 g/mol. The first-order valence-electron chi connectivity index (χ1n) is 13.4. The number of nitrogens with zero attached hydrogens (tertiary/aromatic N) is 3. The molecular formula is C29H37N5O4. The summed E-state index contributed by atoms with van der Waals surface area (Å²) < 4.78 is 6.00. The number of guanidine groups is 1. The van der Waals surface area contributed by atoms with E-state index in [0.717, 1.165) is 24.0 Å². The molecule has 2 aliphatic heterocycles. The largest absolute Gasteiger partial charge is 0.485 e. The summed E-state index contributed by atoms with van der Waals surface area (Å²) in [7, 11) is 0. The molecule has 202 valence electrons. The van der Waals surface area contributed by atoms with Crippen LogP contribution >= 0.6 is 0 Å². The van der Waals surface area contributed by atoms with Gasteiger partial charge in [-0.15, -0.1) is 0 Å². The van der Waals surface area contributed by atoms with Crippen molar-refractivity contribution < 1.29 is 19.4 Å². The van der Waals surface area contributed by atoms with E-state index in [0.29, 0.717) is 12.2 Å². The zero-order valence-electron chi connectivity index (χ0n) is 22.4. The van der Waals surface area contributed by atoms with Crippen LogP contribution in [0.3, 0.4) is 0 Å². The van der Waals surface area contributed by atoms with Gasteiger partial charge in [0.05, 0.1) is 24.0 Å². The van der Waals surface area contributed by atoms with Crippen molar-refractivity contribution in [3.63, 3.8) is 0 Å². The van der Waals surface area contributed by atoms with E-state index in [-0.39, 0.29) is 36.0 Å². The van der Waals surface area contributed by atoms with Crippen molar-refractivity contribution in [3.8, 4) is 5.75 Å². The zero-order chi connectivity index (χ0) is 27.2. The van der Waals surface area contributed by atoms with E-state index in [2.05, 4.69) is 10.3 Å². The summed E-state index contributed by atoms with van der Waals surface area (Å²) in [4.78, 5) is 37.7. The van der Waals surface area contributed by atoms with Gasteiger partial charge in [-0.05, 0) is 56.7 Å². The molecule has 0 radical (unpaired) electrons. The predicted molar refractivity (Wildman–Crippen MR) is 143 cm³/mol. The zero-order valence-corrected chi connectivity index (χ0v) is 22.4. The number of aliphatic imine (C=N–C) groups is 1. The molecule has 0 unspecified atom stereocenters. The van der Waals surface area contributed by atoms with Gasteiger partial charge in [-0.25, -0.2) is 4.99 Å². The number of rotatable bonds is 7. The number of aromatic nitrogens is 1. The van der Waals surface area contributed by atoms with Crippen molar-refractivity contribution >= 4 is 17.8 Å². The topological polar surface area (TPSA) is 130 Å². The molecule has 9 nitrogen and oxygen atoms in total. The molecule has 0 saturated heterocycles. The van der Waals surface area contributed by atoms with Gasteiger partial charge in [0.2, 0.25) is 11.8 Å². The standard InChI is InChI=1S/C29H37N5O4/c1-5-29(6-2)15-22(35)34(27(30)33-29)24(17-10-9-13-31-16-17)19-14-20(19)26(37)32-23-18-11-7-8-12-21(18)38-28(3,4)25(23)36/h7-13,16,19-20,23-25,36H,5-6,14-15H2,1-4H3,(H2,30,33)(H,32,37)/t19-,20-,23+,24-,25-/m1/s1. The van der Waals surface area contributed by atoms with Gasteiger partial charge >= 0.3 is 0 Å². The van der Waals surface area contributed by atoms with Crippen LogP contribution in [0.1, 0.15) is 76.6 Å². The van der Waals surface area contributed by atoms with Crippen molar-refractivity contribution in [2.45, 2.75) is 82.7 Å². The van der Waals surface area contributed by atoms with E-state index in [1.807, 2.05) is 64.1 Å². The van der Waals surface area contributed by atoms with Gasteiger partial charge in [0.15, 0.2) is 5.96 Å². The number of para-hydroxylation sites is 1. The first kappa shape index (κ1) is 26.2. The number of hydrogen-bond donors (Lipinski definition) is 3. The number of ether oxygens (including phenoxy) is 1. The van der Waals surface area contributed by atoms with Crippen molar-refractivity contribution in [1.82, 2.24) is 15.2 Å². The molecule has 1 fully saturated rings. The third-order valence-corrected chi connectivity index (χ3v) is 8.50. The van der Waals surface area contributed by atoms with Gasteiger partial charge in [-0.2, -0.15) is 0 Å². The number of fused-ring (bicyclic) bond motifs is 1. The highest BCUT2D eigenvalue weighted by Crippen LogP contribution is 2.52. The van der Waals surface area contributed by atoms with Gasteiger partial charge in [-0.3, -0.25) is 19.5 Å². The number of amides is 2. The second kappa shape index (κ2) is 9.69. The second-order valence-electron chi connectivity index (χ2n) is 11.3. The fourth-order valence-electron chi connectivity index (χ4n) is 5.95. The molecule has 1 aromatic carbocycles. The summed E-state index contributed by atoms with van der Waals surface area (Å²) in [6.07, 6.45) is 4.78. The molecule has 9 heteroatoms. The van der Waals surface area contributed by atoms with Gasteiger partial charge < -0.3 is 20.9 Å². The molecule has 1 aliphatic carbocycles. The minimum Gasteiger partial charge on any atom is -0.485 e. The van der Waals surface area contributed by atoms with Crippen LogP contribution < -0.4 is 15.8 Å². The van der Waals surface area contributed by atoms with Gasteiger partial charge in [-0.1, -0.05) is 38.1 Å². The van der Waals surface area contributed by atoms with E-state index >= 15 is 0 Å². The lowest BCUT2D eigenvalue weighted by Crippen LogP contribution is -2.54. The molecule has 1 saturated carbocycles. The van der Waals surface area contributed by atoms with Crippen LogP contribution in [-0.4, -0.2) is 50.0 Å². The number of carbonyl (C=O) groups is 2. The van der Waals surface area contributed by atoms with Crippen molar-refractivity contribution in [2.24, 2.45) is 22.6 Å². The number of aliphatic hydroxyl groups is 1. The number of nitrogens with one attached hydrogen (secondary N) is 1. The van der Waals surface area contributed by atoms with Crippen molar-refractivity contribution in [2.75, 3.05) is 0 Å². The van der Waals surface area contributed by atoms with Crippen LogP contribution in [-0.2, 0) is 9.59 Å². The molecule has 2 aromatic rings. The molecule has 0 bridgehead atoms. The third-order valence-electron chi connectivity index (χ3n) is 8.50. The Hall–Kier alpha value is -3.46. The van der Waals surface area contributed by atoms with Crippen LogP contribution in [0.5, 0.6) is 5.75 Å². The highest BCUT2D eigenvalue weighted by Gasteiger charge is 2.54. The number of hydrogen-bond acceptors (Lipinski definition) is 7. The average molecular weight is 520 g/mol. The van der Waals surface area contributed by atoms with E-state index < -0.39 is 29.3 Å². The van der Waals surface area contributed by atoms with Crippen LogP contribution in [0.15, 0.2) is 53.8 Å². The Balaban J connectivity index is 1.42. The SMILES string of the molecule is CCC1(CC)CC(=O)N([C@H](c2cccnc2)[C@@H]2C[C@H]2C(=O)N[C@H]2c3ccccc3OC(C)(C)[C@@H]2O)C(N)=N1. The van der Waals surface area contributed by atoms with Crippen LogP contribution in [0.25, 0.3) is 0 Å². The highest BCUT2D eigenvalue weighted by atomic mass is 16.5. The number of carbonyl (C=O) groups excluding carboxylic acids is 2. The first-order valence-corrected chi connectivity index (χ1v) is 13.4. The normalized spacial score (nSPS) is 28.0. The number of aliphatic hydroxyl groups excluding tert-OH is 1. The van der Waals surface area contributed by atoms with Gasteiger partial charge in [0.1, 0.15) is 17.5 Å². The Kier molecular flexibility index (Phi) is 6.67. The summed E-state index contributed by atoms with van der Waals surface area (Å²) in [5.74, 6) is 0.0730. The summed E-state index contributed by atoms with van der Waals surface area (Å²) in [6.45, 7) is 7.66. The predicted octanol–water partition coefficient (Wildman–Crippen LogP) is 3.25. The summed E-state index contributed by atoms with van der Waals surface area (Å²) in [5, 5.41) is 14.2. The fraction of sp³-hybridized carbons (Fsp3) is 0.517. The molecule has 1 aromatic heterocycles. The molecular weight excluding hydrogens is 482 g/mol.